The zero-order valence-corrected chi connectivity index (χ0v) is 11.9. The van der Waals surface area contributed by atoms with Gasteiger partial charge in [0.05, 0.1) is 6.61 Å². The Morgan fingerprint density at radius 3 is 2.55 bits per heavy atom. The second kappa shape index (κ2) is 8.55. The molecule has 5 nitrogen and oxygen atoms in total. The summed E-state index contributed by atoms with van der Waals surface area (Å²) >= 11 is 0. The van der Waals surface area contributed by atoms with Gasteiger partial charge in [0.1, 0.15) is 17.9 Å². The average molecular weight is 281 g/mol. The molecule has 1 aromatic carbocycles. The molecule has 0 spiro atoms. The van der Waals surface area contributed by atoms with Crippen molar-refractivity contribution >= 4 is 5.97 Å². The van der Waals surface area contributed by atoms with Crippen LogP contribution in [-0.4, -0.2) is 36.4 Å². The largest absolute Gasteiger partial charge is 0.491 e. The SMILES string of the molecule is CCC(N)(CCCOCCOc1ccccc1)C(=O)O. The van der Waals surface area contributed by atoms with Gasteiger partial charge in [-0.2, -0.15) is 0 Å². The van der Waals surface area contributed by atoms with Crippen molar-refractivity contribution in [1.29, 1.82) is 0 Å². The van der Waals surface area contributed by atoms with Crippen molar-refractivity contribution in [1.82, 2.24) is 0 Å². The highest BCUT2D eigenvalue weighted by Gasteiger charge is 2.30. The van der Waals surface area contributed by atoms with Gasteiger partial charge in [-0.3, -0.25) is 4.79 Å². The van der Waals surface area contributed by atoms with Crippen LogP contribution in [-0.2, 0) is 9.53 Å². The highest BCUT2D eigenvalue weighted by Crippen LogP contribution is 2.14. The molecule has 3 N–H and O–H groups in total. The molecule has 20 heavy (non-hydrogen) atoms. The number of ether oxygens (including phenoxy) is 2. The van der Waals surface area contributed by atoms with Crippen LogP contribution < -0.4 is 10.5 Å². The number of carboxylic acid groups (broad SMARTS) is 1. The summed E-state index contributed by atoms with van der Waals surface area (Å²) in [7, 11) is 0. The van der Waals surface area contributed by atoms with Crippen LogP contribution in [0.25, 0.3) is 0 Å². The van der Waals surface area contributed by atoms with E-state index in [-0.39, 0.29) is 0 Å². The van der Waals surface area contributed by atoms with E-state index in [9.17, 15) is 4.79 Å². The molecule has 1 rings (SSSR count). The van der Waals surface area contributed by atoms with Gasteiger partial charge < -0.3 is 20.3 Å². The number of benzene rings is 1. The lowest BCUT2D eigenvalue weighted by Crippen LogP contribution is -2.47. The second-order valence-corrected chi connectivity index (χ2v) is 4.69. The summed E-state index contributed by atoms with van der Waals surface area (Å²) in [5, 5.41) is 9.01. The molecule has 0 saturated carbocycles. The Labute approximate surface area is 119 Å². The van der Waals surface area contributed by atoms with Crippen LogP contribution in [0.15, 0.2) is 30.3 Å². The van der Waals surface area contributed by atoms with Gasteiger partial charge in [-0.25, -0.2) is 0 Å². The number of nitrogens with two attached hydrogens (primary N) is 1. The second-order valence-electron chi connectivity index (χ2n) is 4.69. The summed E-state index contributed by atoms with van der Waals surface area (Å²) < 4.78 is 10.9. The fourth-order valence-electron chi connectivity index (χ4n) is 1.76. The number of carbonyl (C=O) groups is 1. The highest BCUT2D eigenvalue weighted by atomic mass is 16.5. The van der Waals surface area contributed by atoms with Crippen molar-refractivity contribution in [3.05, 3.63) is 30.3 Å². The Morgan fingerprint density at radius 2 is 1.95 bits per heavy atom. The fraction of sp³-hybridized carbons (Fsp3) is 0.533. The van der Waals surface area contributed by atoms with Gasteiger partial charge in [0, 0.05) is 6.61 Å². The quantitative estimate of drug-likeness (QED) is 0.641. The lowest BCUT2D eigenvalue weighted by molar-refractivity contribution is -0.143. The third kappa shape index (κ3) is 5.59. The molecule has 1 unspecified atom stereocenters. The van der Waals surface area contributed by atoms with Crippen LogP contribution in [0.5, 0.6) is 5.75 Å². The minimum Gasteiger partial charge on any atom is -0.491 e. The molecule has 1 atom stereocenters. The van der Waals surface area contributed by atoms with E-state index < -0.39 is 11.5 Å². The smallest absolute Gasteiger partial charge is 0.323 e. The summed E-state index contributed by atoms with van der Waals surface area (Å²) in [5.41, 5.74) is 4.64. The molecule has 0 aromatic heterocycles. The molecule has 0 amide bonds. The number of carboxylic acids is 1. The molecule has 0 fully saturated rings. The molecule has 112 valence electrons. The maximum atomic E-state index is 11.0. The number of aliphatic carboxylic acids is 1. The van der Waals surface area contributed by atoms with Crippen LogP contribution in [0.3, 0.4) is 0 Å². The van der Waals surface area contributed by atoms with E-state index in [2.05, 4.69) is 0 Å². The third-order valence-corrected chi connectivity index (χ3v) is 3.21. The summed E-state index contributed by atoms with van der Waals surface area (Å²) in [6.07, 6.45) is 1.46. The van der Waals surface area contributed by atoms with E-state index in [0.29, 0.717) is 39.1 Å². The van der Waals surface area contributed by atoms with Crippen LogP contribution in [0.4, 0.5) is 0 Å². The zero-order chi connectivity index (χ0) is 14.8. The van der Waals surface area contributed by atoms with E-state index in [4.69, 9.17) is 20.3 Å². The minimum atomic E-state index is -1.14. The van der Waals surface area contributed by atoms with Gasteiger partial charge >= 0.3 is 5.97 Å². The first-order chi connectivity index (χ1) is 9.58. The van der Waals surface area contributed by atoms with Crippen molar-refractivity contribution in [2.75, 3.05) is 19.8 Å². The van der Waals surface area contributed by atoms with Crippen LogP contribution >= 0.6 is 0 Å². The Morgan fingerprint density at radius 1 is 1.25 bits per heavy atom. The van der Waals surface area contributed by atoms with E-state index in [1.807, 2.05) is 30.3 Å². The first-order valence-electron chi connectivity index (χ1n) is 6.86. The monoisotopic (exact) mass is 281 g/mol. The van der Waals surface area contributed by atoms with Crippen LogP contribution in [0.2, 0.25) is 0 Å². The molecule has 0 aliphatic carbocycles. The number of hydrogen-bond donors (Lipinski definition) is 2. The molecule has 0 saturated heterocycles. The fourth-order valence-corrected chi connectivity index (χ4v) is 1.76. The van der Waals surface area contributed by atoms with Crippen LogP contribution in [0, 0.1) is 0 Å². The zero-order valence-electron chi connectivity index (χ0n) is 11.9. The summed E-state index contributed by atoms with van der Waals surface area (Å²) in [4.78, 5) is 11.0. The van der Waals surface area contributed by atoms with Gasteiger partial charge in [-0.1, -0.05) is 25.1 Å². The number of hydrogen-bond acceptors (Lipinski definition) is 4. The van der Waals surface area contributed by atoms with E-state index in [0.717, 1.165) is 5.75 Å². The predicted molar refractivity (Wildman–Crippen MR) is 76.8 cm³/mol. The van der Waals surface area contributed by atoms with Crippen molar-refractivity contribution in [3.8, 4) is 5.75 Å². The summed E-state index contributed by atoms with van der Waals surface area (Å²) in [6.45, 7) is 3.23. The van der Waals surface area contributed by atoms with Gasteiger partial charge in [0.25, 0.3) is 0 Å². The van der Waals surface area contributed by atoms with E-state index >= 15 is 0 Å². The van der Waals surface area contributed by atoms with Crippen molar-refractivity contribution in [3.63, 3.8) is 0 Å². The molecule has 0 aliphatic heterocycles. The molecule has 0 radical (unpaired) electrons. The molecular weight excluding hydrogens is 258 g/mol. The third-order valence-electron chi connectivity index (χ3n) is 3.21. The average Bonchev–Trinajstić information content (AvgIpc) is 2.46. The summed E-state index contributed by atoms with van der Waals surface area (Å²) in [5.74, 6) is -0.138. The standard InChI is InChI=1S/C15H23NO4/c1-2-15(16,14(17)18)9-6-10-19-11-12-20-13-7-4-3-5-8-13/h3-5,7-8H,2,6,9-12,16H2,1H3,(H,17,18). The maximum Gasteiger partial charge on any atom is 0.323 e. The predicted octanol–water partition coefficient (Wildman–Crippen LogP) is 2.05. The molecular formula is C15H23NO4. The van der Waals surface area contributed by atoms with Gasteiger partial charge in [0.2, 0.25) is 0 Å². The van der Waals surface area contributed by atoms with Gasteiger partial charge in [-0.15, -0.1) is 0 Å². The number of rotatable bonds is 10. The topological polar surface area (TPSA) is 81.8 Å². The first-order valence-corrected chi connectivity index (χ1v) is 6.86. The highest BCUT2D eigenvalue weighted by molar-refractivity contribution is 5.78. The molecule has 5 heteroatoms. The Bertz CT molecular complexity index is 396. The number of para-hydroxylation sites is 1. The Balaban J connectivity index is 2.07. The first kappa shape index (κ1) is 16.5. The molecule has 0 aliphatic rings. The van der Waals surface area contributed by atoms with Crippen molar-refractivity contribution in [2.45, 2.75) is 31.7 Å². The molecule has 0 heterocycles. The van der Waals surface area contributed by atoms with Gasteiger partial charge in [-0.05, 0) is 31.4 Å². The van der Waals surface area contributed by atoms with Crippen LogP contribution in [0.1, 0.15) is 26.2 Å². The van der Waals surface area contributed by atoms with Gasteiger partial charge in [0.15, 0.2) is 0 Å². The lowest BCUT2D eigenvalue weighted by Gasteiger charge is -2.22. The Kier molecular flexibility index (Phi) is 7.04. The Hall–Kier alpha value is -1.59. The molecule has 0 bridgehead atoms. The van der Waals surface area contributed by atoms with E-state index in [1.54, 1.807) is 6.92 Å². The minimum absolute atomic E-state index is 0.415. The summed E-state index contributed by atoms with van der Waals surface area (Å²) in [6, 6.07) is 9.52. The lowest BCUT2D eigenvalue weighted by atomic mass is 9.92. The van der Waals surface area contributed by atoms with Crippen molar-refractivity contribution in [2.24, 2.45) is 5.73 Å². The van der Waals surface area contributed by atoms with E-state index in [1.165, 1.54) is 0 Å². The normalized spacial score (nSPS) is 13.7. The maximum absolute atomic E-state index is 11.0. The molecule has 1 aromatic rings. The van der Waals surface area contributed by atoms with Crippen molar-refractivity contribution < 1.29 is 19.4 Å².